The molecule has 36 heavy (non-hydrogen) atoms. The molecule has 3 aromatic carbocycles. The van der Waals surface area contributed by atoms with E-state index in [1.54, 1.807) is 0 Å². The topological polar surface area (TPSA) is 49.4 Å². The van der Waals surface area contributed by atoms with Gasteiger partial charge < -0.3 is 10.2 Å². The molecule has 0 saturated heterocycles. The quantitative estimate of drug-likeness (QED) is 0.416. The summed E-state index contributed by atoms with van der Waals surface area (Å²) in [6, 6.07) is 24.1. The van der Waals surface area contributed by atoms with Crippen LogP contribution in [0.2, 0.25) is 0 Å². The van der Waals surface area contributed by atoms with Crippen molar-refractivity contribution >= 4 is 11.8 Å². The van der Waals surface area contributed by atoms with E-state index in [0.717, 1.165) is 59.1 Å². The minimum Gasteiger partial charge on any atom is -0.352 e. The van der Waals surface area contributed by atoms with Crippen LogP contribution in [-0.2, 0) is 29.0 Å². The summed E-state index contributed by atoms with van der Waals surface area (Å²) in [4.78, 5) is 29.6. The van der Waals surface area contributed by atoms with Crippen molar-refractivity contribution in [2.75, 3.05) is 0 Å². The third-order valence-corrected chi connectivity index (χ3v) is 7.25. The highest BCUT2D eigenvalue weighted by molar-refractivity contribution is 5.89. The molecule has 0 bridgehead atoms. The number of carbonyl (C=O) groups is 2. The van der Waals surface area contributed by atoms with E-state index in [1.165, 1.54) is 0 Å². The smallest absolute Gasteiger partial charge is 0.243 e. The number of carbonyl (C=O) groups excluding carboxylic acids is 2. The Bertz CT molecular complexity index is 1180. The van der Waals surface area contributed by atoms with Gasteiger partial charge in [-0.3, -0.25) is 9.59 Å². The van der Waals surface area contributed by atoms with Crippen LogP contribution < -0.4 is 5.32 Å². The summed E-state index contributed by atoms with van der Waals surface area (Å²) in [6.45, 7) is 6.55. The molecule has 1 saturated carbocycles. The molecule has 4 rings (SSSR count). The highest BCUT2D eigenvalue weighted by Gasteiger charge is 2.32. The number of hydrogen-bond acceptors (Lipinski definition) is 2. The van der Waals surface area contributed by atoms with E-state index in [2.05, 4.69) is 42.6 Å². The summed E-state index contributed by atoms with van der Waals surface area (Å²) >= 11 is 0. The van der Waals surface area contributed by atoms with Crippen LogP contribution in [0.25, 0.3) is 0 Å². The van der Waals surface area contributed by atoms with Crippen LogP contribution in [0.3, 0.4) is 0 Å². The third kappa shape index (κ3) is 6.84. The third-order valence-electron chi connectivity index (χ3n) is 7.25. The fourth-order valence-electron chi connectivity index (χ4n) is 5.18. The van der Waals surface area contributed by atoms with Crippen LogP contribution in [-0.4, -0.2) is 28.8 Å². The van der Waals surface area contributed by atoms with Gasteiger partial charge in [0.05, 0.1) is 6.42 Å². The summed E-state index contributed by atoms with van der Waals surface area (Å²) in [6.07, 6.45) is 5.08. The molecule has 0 aliphatic heterocycles. The molecule has 4 nitrogen and oxygen atoms in total. The lowest BCUT2D eigenvalue weighted by Gasteiger charge is -2.32. The maximum Gasteiger partial charge on any atom is 0.243 e. The van der Waals surface area contributed by atoms with Crippen molar-refractivity contribution < 1.29 is 9.59 Å². The van der Waals surface area contributed by atoms with Crippen LogP contribution in [0.5, 0.6) is 0 Å². The predicted molar refractivity (Wildman–Crippen MR) is 146 cm³/mol. The highest BCUT2D eigenvalue weighted by Crippen LogP contribution is 2.21. The molecule has 1 aliphatic rings. The first kappa shape index (κ1) is 25.7. The van der Waals surface area contributed by atoms with Gasteiger partial charge in [-0.15, -0.1) is 0 Å². The second kappa shape index (κ2) is 12.0. The number of benzene rings is 3. The maximum atomic E-state index is 14.0. The molecule has 0 unspecified atom stereocenters. The zero-order valence-corrected chi connectivity index (χ0v) is 21.8. The molecule has 4 heteroatoms. The summed E-state index contributed by atoms with van der Waals surface area (Å²) in [7, 11) is 0. The van der Waals surface area contributed by atoms with Crippen molar-refractivity contribution in [3.05, 3.63) is 106 Å². The standard InChI is InChI=1S/C32H38N2O2/c1-23-10-9-13-27(18-23)22-34(31(35)21-28-19-24(2)16-17-25(28)3)30(20-26-11-5-4-6-12-26)32(36)33-29-14-7-8-15-29/h4-6,9-13,16-19,29-30H,7-8,14-15,20-22H2,1-3H3,(H,33,36)/t30-/m1/s1. The second-order valence-electron chi connectivity index (χ2n) is 10.3. The van der Waals surface area contributed by atoms with Gasteiger partial charge in [0.2, 0.25) is 11.8 Å². The Labute approximate surface area is 215 Å². The SMILES string of the molecule is Cc1cccc(CN(C(=O)Cc2cc(C)ccc2C)[C@H](Cc2ccccc2)C(=O)NC2CCCC2)c1. The molecule has 188 valence electrons. The van der Waals surface area contributed by atoms with Crippen molar-refractivity contribution in [3.63, 3.8) is 0 Å². The van der Waals surface area contributed by atoms with Gasteiger partial charge in [0.25, 0.3) is 0 Å². The molecular formula is C32H38N2O2. The molecule has 1 fully saturated rings. The van der Waals surface area contributed by atoms with Crippen molar-refractivity contribution in [1.82, 2.24) is 10.2 Å². The van der Waals surface area contributed by atoms with Crippen molar-refractivity contribution in [1.29, 1.82) is 0 Å². The van der Waals surface area contributed by atoms with E-state index < -0.39 is 6.04 Å². The second-order valence-corrected chi connectivity index (χ2v) is 10.3. The lowest BCUT2D eigenvalue weighted by atomic mass is 9.99. The van der Waals surface area contributed by atoms with Crippen molar-refractivity contribution in [2.24, 2.45) is 0 Å². The summed E-state index contributed by atoms with van der Waals surface area (Å²) in [5.41, 5.74) is 6.48. The normalized spacial score (nSPS) is 14.4. The van der Waals surface area contributed by atoms with Gasteiger partial charge in [-0.25, -0.2) is 0 Å². The Kier molecular flexibility index (Phi) is 8.58. The minimum atomic E-state index is -0.578. The molecule has 0 radical (unpaired) electrons. The monoisotopic (exact) mass is 482 g/mol. The van der Waals surface area contributed by atoms with E-state index in [4.69, 9.17) is 0 Å². The Morgan fingerprint density at radius 3 is 2.28 bits per heavy atom. The average molecular weight is 483 g/mol. The Balaban J connectivity index is 1.68. The zero-order chi connectivity index (χ0) is 25.5. The van der Waals surface area contributed by atoms with Crippen LogP contribution in [0.1, 0.15) is 59.1 Å². The molecule has 2 amide bonds. The highest BCUT2D eigenvalue weighted by atomic mass is 16.2. The van der Waals surface area contributed by atoms with Crippen molar-refractivity contribution in [3.8, 4) is 0 Å². The molecular weight excluding hydrogens is 444 g/mol. The summed E-state index contributed by atoms with van der Waals surface area (Å²) in [5, 5.41) is 3.28. The molecule has 1 atom stereocenters. The fraction of sp³-hybridized carbons (Fsp3) is 0.375. The van der Waals surface area contributed by atoms with Gasteiger partial charge in [-0.1, -0.05) is 96.8 Å². The first-order valence-corrected chi connectivity index (χ1v) is 13.1. The molecule has 1 N–H and O–H groups in total. The molecule has 1 aliphatic carbocycles. The molecule has 0 aromatic heterocycles. The van der Waals surface area contributed by atoms with Gasteiger partial charge >= 0.3 is 0 Å². The van der Waals surface area contributed by atoms with E-state index >= 15 is 0 Å². The first-order valence-electron chi connectivity index (χ1n) is 13.1. The van der Waals surface area contributed by atoms with Crippen molar-refractivity contribution in [2.45, 2.75) is 77.9 Å². The van der Waals surface area contributed by atoms with Crippen LogP contribution >= 0.6 is 0 Å². The minimum absolute atomic E-state index is 0.0206. The number of nitrogens with one attached hydrogen (secondary N) is 1. The van der Waals surface area contributed by atoms with Gasteiger partial charge in [0.15, 0.2) is 0 Å². The Morgan fingerprint density at radius 1 is 0.861 bits per heavy atom. The van der Waals surface area contributed by atoms with E-state index in [9.17, 15) is 9.59 Å². The number of amides is 2. The van der Waals surface area contributed by atoms with Crippen LogP contribution in [0.15, 0.2) is 72.8 Å². The lowest BCUT2D eigenvalue weighted by molar-refractivity contribution is -0.141. The van der Waals surface area contributed by atoms with E-state index in [1.807, 2.05) is 61.2 Å². The van der Waals surface area contributed by atoms with Gasteiger partial charge in [-0.05, 0) is 55.9 Å². The Hall–Kier alpha value is -3.40. The fourth-order valence-corrected chi connectivity index (χ4v) is 5.18. The number of rotatable bonds is 9. The number of aryl methyl sites for hydroxylation is 3. The van der Waals surface area contributed by atoms with Gasteiger partial charge in [-0.2, -0.15) is 0 Å². The zero-order valence-electron chi connectivity index (χ0n) is 21.8. The largest absolute Gasteiger partial charge is 0.352 e. The first-order chi connectivity index (χ1) is 17.4. The summed E-state index contributed by atoms with van der Waals surface area (Å²) < 4.78 is 0. The molecule has 0 heterocycles. The van der Waals surface area contributed by atoms with E-state index in [0.29, 0.717) is 13.0 Å². The predicted octanol–water partition coefficient (Wildman–Crippen LogP) is 5.85. The van der Waals surface area contributed by atoms with Gasteiger partial charge in [0, 0.05) is 19.0 Å². The maximum absolute atomic E-state index is 14.0. The summed E-state index contributed by atoms with van der Waals surface area (Å²) in [5.74, 6) is -0.0690. The van der Waals surface area contributed by atoms with E-state index in [-0.39, 0.29) is 24.3 Å². The number of nitrogens with zero attached hydrogens (tertiary/aromatic N) is 1. The average Bonchev–Trinajstić information content (AvgIpc) is 3.37. The Morgan fingerprint density at radius 2 is 1.56 bits per heavy atom. The number of hydrogen-bond donors (Lipinski definition) is 1. The van der Waals surface area contributed by atoms with Crippen LogP contribution in [0.4, 0.5) is 0 Å². The molecule has 0 spiro atoms. The lowest BCUT2D eigenvalue weighted by Crippen LogP contribution is -2.52. The van der Waals surface area contributed by atoms with Crippen LogP contribution in [0, 0.1) is 20.8 Å². The van der Waals surface area contributed by atoms with Gasteiger partial charge in [0.1, 0.15) is 6.04 Å². The molecule has 3 aromatic rings.